The Labute approximate surface area is 79.5 Å². The van der Waals surface area contributed by atoms with E-state index in [0.29, 0.717) is 12.8 Å². The summed E-state index contributed by atoms with van der Waals surface area (Å²) in [6.07, 6.45) is 0.637. The molecule has 1 fully saturated rings. The maximum absolute atomic E-state index is 10.1. The van der Waals surface area contributed by atoms with E-state index >= 15 is 0 Å². The molecule has 0 N–H and O–H groups in total. The van der Waals surface area contributed by atoms with Crippen LogP contribution < -0.4 is 0 Å². The molecule has 0 atom stereocenters. The van der Waals surface area contributed by atoms with Crippen molar-refractivity contribution in [2.24, 2.45) is 0 Å². The molecule has 1 heterocycles. The van der Waals surface area contributed by atoms with Gasteiger partial charge in [0.1, 0.15) is 0 Å². The summed E-state index contributed by atoms with van der Waals surface area (Å²) in [4.78, 5) is 20.1. The summed E-state index contributed by atoms with van der Waals surface area (Å²) in [7, 11) is 0. The number of amides is 2. The van der Waals surface area contributed by atoms with Gasteiger partial charge in [-0.15, -0.1) is 0 Å². The van der Waals surface area contributed by atoms with Gasteiger partial charge in [-0.2, -0.15) is 0 Å². The topological polar surface area (TPSA) is 48.2 Å². The number of imide groups is 1. The average molecular weight is 202 g/mol. The zero-order chi connectivity index (χ0) is 5.28. The van der Waals surface area contributed by atoms with E-state index in [9.17, 15) is 9.59 Å². The molecule has 1 radical (unpaired) electrons. The number of hydrogen-bond acceptors (Lipinski definition) is 2. The summed E-state index contributed by atoms with van der Waals surface area (Å²) in [6.45, 7) is 0. The van der Waals surface area contributed by atoms with Gasteiger partial charge in [0.15, 0.2) is 0 Å². The van der Waals surface area contributed by atoms with E-state index in [2.05, 4.69) is 5.32 Å². The van der Waals surface area contributed by atoms with Crippen LogP contribution in [0.3, 0.4) is 0 Å². The van der Waals surface area contributed by atoms with E-state index in [1.54, 1.807) is 0 Å². The monoisotopic (exact) mass is 202 g/mol. The molecule has 0 unspecified atom stereocenters. The molecule has 49 valence electrons. The fourth-order valence-corrected chi connectivity index (χ4v) is 0.465. The van der Waals surface area contributed by atoms with Gasteiger partial charge < -0.3 is 22.3 Å². The first-order chi connectivity index (χ1) is 3.29. The maximum Gasteiger partial charge on any atom is 0.0568 e. The van der Waals surface area contributed by atoms with Crippen LogP contribution in [0.15, 0.2) is 0 Å². The molecule has 4 heteroatoms. The van der Waals surface area contributed by atoms with E-state index < -0.39 is 0 Å². The molecular formula is C5H7NO2Y-2. The van der Waals surface area contributed by atoms with Crippen molar-refractivity contribution in [3.63, 3.8) is 0 Å². The van der Waals surface area contributed by atoms with Gasteiger partial charge in [-0.1, -0.05) is 0 Å². The smallest absolute Gasteiger partial charge is 0.0568 e. The number of hydrogen-bond donors (Lipinski definition) is 0. The SMILES string of the molecule is O=C1CCC(=O)[N-]1.[CH3-].[Y]. The van der Waals surface area contributed by atoms with Crippen molar-refractivity contribution in [1.29, 1.82) is 0 Å². The number of carbonyl (C=O) groups excluding carboxylic acids is 2. The summed E-state index contributed by atoms with van der Waals surface area (Å²) >= 11 is 0. The minimum atomic E-state index is -0.273. The largest absolute Gasteiger partial charge is 0.596 e. The Morgan fingerprint density at radius 1 is 1.11 bits per heavy atom. The first-order valence-electron chi connectivity index (χ1n) is 2.06. The molecule has 1 aliphatic heterocycles. The van der Waals surface area contributed by atoms with Gasteiger partial charge in [-0.05, 0) is 12.8 Å². The number of nitrogens with zero attached hydrogens (tertiary/aromatic N) is 1. The van der Waals surface area contributed by atoms with Crippen molar-refractivity contribution >= 4 is 11.8 Å². The van der Waals surface area contributed by atoms with Crippen molar-refractivity contribution in [3.8, 4) is 0 Å². The van der Waals surface area contributed by atoms with E-state index in [-0.39, 0.29) is 52.0 Å². The molecule has 0 aliphatic carbocycles. The summed E-state index contributed by atoms with van der Waals surface area (Å²) in [5.74, 6) is -0.546. The normalized spacial score (nSPS) is 15.6. The summed E-state index contributed by atoms with van der Waals surface area (Å²) < 4.78 is 0. The summed E-state index contributed by atoms with van der Waals surface area (Å²) in [5.41, 5.74) is 0. The Morgan fingerprint density at radius 3 is 1.56 bits per heavy atom. The quantitative estimate of drug-likeness (QED) is 0.427. The molecule has 2 amide bonds. The van der Waals surface area contributed by atoms with Crippen molar-refractivity contribution in [3.05, 3.63) is 12.7 Å². The van der Waals surface area contributed by atoms with Gasteiger partial charge in [-0.3, -0.25) is 0 Å². The predicted octanol–water partition coefficient (Wildman–Crippen LogP) is 0.655. The van der Waals surface area contributed by atoms with Crippen molar-refractivity contribution in [2.45, 2.75) is 12.8 Å². The molecule has 0 aromatic carbocycles. The Balaban J connectivity index is 0. The second-order valence-corrected chi connectivity index (χ2v) is 1.40. The molecule has 1 aliphatic rings. The van der Waals surface area contributed by atoms with Gasteiger partial charge in [0, 0.05) is 32.7 Å². The van der Waals surface area contributed by atoms with Crippen molar-refractivity contribution < 1.29 is 42.3 Å². The minimum absolute atomic E-state index is 0. The van der Waals surface area contributed by atoms with Crippen LogP contribution in [0.5, 0.6) is 0 Å². The third kappa shape index (κ3) is 3.76. The third-order valence-corrected chi connectivity index (χ3v) is 0.802. The average Bonchev–Trinajstić information content (AvgIpc) is 1.87. The van der Waals surface area contributed by atoms with Gasteiger partial charge in [0.05, 0.1) is 11.8 Å². The van der Waals surface area contributed by atoms with Crippen molar-refractivity contribution in [2.75, 3.05) is 0 Å². The fraction of sp³-hybridized carbons (Fsp3) is 0.400. The third-order valence-electron chi connectivity index (χ3n) is 0.802. The van der Waals surface area contributed by atoms with Crippen molar-refractivity contribution in [1.82, 2.24) is 0 Å². The van der Waals surface area contributed by atoms with Crippen LogP contribution in [-0.4, -0.2) is 11.8 Å². The first kappa shape index (κ1) is 12.0. The molecule has 0 aromatic heterocycles. The molecule has 0 bridgehead atoms. The zero-order valence-corrected chi connectivity index (χ0v) is 8.09. The first-order valence-corrected chi connectivity index (χ1v) is 2.06. The van der Waals surface area contributed by atoms with E-state index in [0.717, 1.165) is 0 Å². The molecule has 9 heavy (non-hydrogen) atoms. The van der Waals surface area contributed by atoms with Gasteiger partial charge in [0.25, 0.3) is 0 Å². The molecule has 3 nitrogen and oxygen atoms in total. The zero-order valence-electron chi connectivity index (χ0n) is 5.26. The van der Waals surface area contributed by atoms with Crippen LogP contribution >= 0.6 is 0 Å². The van der Waals surface area contributed by atoms with E-state index in [4.69, 9.17) is 0 Å². The summed E-state index contributed by atoms with van der Waals surface area (Å²) in [6, 6.07) is 0. The van der Waals surface area contributed by atoms with Crippen LogP contribution in [0.2, 0.25) is 0 Å². The van der Waals surface area contributed by atoms with Gasteiger partial charge in [0.2, 0.25) is 0 Å². The number of carbonyl (C=O) groups is 2. The Bertz CT molecular complexity index is 110. The second kappa shape index (κ2) is 5.06. The molecule has 0 aromatic rings. The Kier molecular flexibility index (Phi) is 6.73. The molecule has 0 spiro atoms. The maximum atomic E-state index is 10.1. The molecule has 0 saturated carbocycles. The van der Waals surface area contributed by atoms with E-state index in [1.807, 2.05) is 0 Å². The van der Waals surface area contributed by atoms with Gasteiger partial charge >= 0.3 is 0 Å². The van der Waals surface area contributed by atoms with Crippen LogP contribution in [0.4, 0.5) is 0 Å². The van der Waals surface area contributed by atoms with Gasteiger partial charge in [-0.25, -0.2) is 0 Å². The molecule has 1 rings (SSSR count). The predicted molar refractivity (Wildman–Crippen MR) is 29.0 cm³/mol. The van der Waals surface area contributed by atoms with E-state index in [1.165, 1.54) is 0 Å². The Morgan fingerprint density at radius 2 is 1.44 bits per heavy atom. The molecular weight excluding hydrogens is 195 g/mol. The second-order valence-electron chi connectivity index (χ2n) is 1.40. The molecule has 1 saturated heterocycles. The van der Waals surface area contributed by atoms with Crippen LogP contribution in [0.1, 0.15) is 12.8 Å². The van der Waals surface area contributed by atoms with Crippen LogP contribution in [-0.2, 0) is 42.3 Å². The number of rotatable bonds is 0. The summed E-state index contributed by atoms with van der Waals surface area (Å²) in [5, 5.41) is 3.11. The minimum Gasteiger partial charge on any atom is -0.596 e. The standard InChI is InChI=1S/C4H5NO2.CH3.Y/c6-3-1-2-4(7)5-3;;/h1-2H2,(H,5,6,7);1H3;/q;-1;/p-1. The van der Waals surface area contributed by atoms with Crippen LogP contribution in [0, 0.1) is 7.43 Å². The van der Waals surface area contributed by atoms with Crippen LogP contribution in [0.25, 0.3) is 5.32 Å². The fourth-order valence-electron chi connectivity index (χ4n) is 0.465. The Hall–Kier alpha value is 0.244.